The third-order valence-electron chi connectivity index (χ3n) is 2.74. The molecule has 7 nitrogen and oxygen atoms in total. The average molecular weight is 339 g/mol. The molecule has 0 aliphatic carbocycles. The smallest absolute Gasteiger partial charge is 0.269 e. The number of aromatic nitrogens is 1. The van der Waals surface area contributed by atoms with Crippen LogP contribution in [0, 0.1) is 10.1 Å². The Labute approximate surface area is 122 Å². The Kier molecular flexibility index (Phi) is 4.16. The number of non-ortho nitro benzene ring substituents is 1. The molecule has 0 fully saturated rings. The van der Waals surface area contributed by atoms with Crippen LogP contribution in [0.25, 0.3) is 0 Å². The topological polar surface area (TPSA) is 103 Å². The first-order valence-corrected chi connectivity index (χ1v) is 6.40. The van der Waals surface area contributed by atoms with Crippen LogP contribution in [0.1, 0.15) is 5.56 Å². The minimum absolute atomic E-state index is 0.0537. The zero-order valence-electron chi connectivity index (χ0n) is 10.2. The van der Waals surface area contributed by atoms with Gasteiger partial charge in [-0.05, 0) is 28.1 Å². The van der Waals surface area contributed by atoms with E-state index in [9.17, 15) is 14.9 Å². The highest BCUT2D eigenvalue weighted by atomic mass is 79.9. The second-order valence-corrected chi connectivity index (χ2v) is 4.97. The van der Waals surface area contributed by atoms with Crippen molar-refractivity contribution in [3.63, 3.8) is 0 Å². The van der Waals surface area contributed by atoms with Crippen molar-refractivity contribution >= 4 is 27.3 Å². The Morgan fingerprint density at radius 2 is 2.10 bits per heavy atom. The fourth-order valence-electron chi connectivity index (χ4n) is 1.77. The third-order valence-corrected chi connectivity index (χ3v) is 3.21. The Morgan fingerprint density at radius 3 is 2.75 bits per heavy atom. The molecule has 1 heterocycles. The molecule has 104 valence electrons. The molecule has 0 aliphatic heterocycles. The van der Waals surface area contributed by atoms with E-state index in [4.69, 9.17) is 5.84 Å². The van der Waals surface area contributed by atoms with Crippen LogP contribution in [0.15, 0.2) is 45.8 Å². The van der Waals surface area contributed by atoms with Crippen LogP contribution in [0.5, 0.6) is 0 Å². The van der Waals surface area contributed by atoms with Gasteiger partial charge in [-0.1, -0.05) is 0 Å². The monoisotopic (exact) mass is 338 g/mol. The number of anilines is 1. The number of halogens is 1. The molecule has 0 saturated heterocycles. The minimum atomic E-state index is -0.493. The number of nitro benzene ring substituents is 1. The van der Waals surface area contributed by atoms with Crippen molar-refractivity contribution in [3.05, 3.63) is 67.0 Å². The van der Waals surface area contributed by atoms with Gasteiger partial charge in [0, 0.05) is 34.4 Å². The second kappa shape index (κ2) is 5.85. The lowest BCUT2D eigenvalue weighted by Crippen LogP contribution is -2.20. The van der Waals surface area contributed by atoms with Crippen LogP contribution in [0.2, 0.25) is 0 Å². The van der Waals surface area contributed by atoms with Crippen LogP contribution in [0.3, 0.4) is 0 Å². The SMILES string of the molecule is NNc1ccc([N+](=O)[O-])cc1Cn1cc(Br)ccc1=O. The van der Waals surface area contributed by atoms with Gasteiger partial charge in [-0.3, -0.25) is 20.8 Å². The molecule has 0 radical (unpaired) electrons. The Morgan fingerprint density at radius 1 is 1.35 bits per heavy atom. The van der Waals surface area contributed by atoms with E-state index in [1.807, 2.05) is 0 Å². The van der Waals surface area contributed by atoms with E-state index in [0.29, 0.717) is 11.3 Å². The zero-order valence-corrected chi connectivity index (χ0v) is 11.8. The predicted octanol–water partition coefficient (Wildman–Crippen LogP) is 1.85. The number of nitrogens with one attached hydrogen (secondary N) is 1. The van der Waals surface area contributed by atoms with E-state index in [2.05, 4.69) is 21.4 Å². The minimum Gasteiger partial charge on any atom is -0.324 e. The van der Waals surface area contributed by atoms with Gasteiger partial charge in [-0.2, -0.15) is 0 Å². The maximum Gasteiger partial charge on any atom is 0.269 e. The maximum absolute atomic E-state index is 11.8. The van der Waals surface area contributed by atoms with E-state index in [1.54, 1.807) is 12.3 Å². The van der Waals surface area contributed by atoms with Gasteiger partial charge in [-0.15, -0.1) is 0 Å². The number of hydrazine groups is 1. The van der Waals surface area contributed by atoms with Gasteiger partial charge >= 0.3 is 0 Å². The predicted molar refractivity (Wildman–Crippen MR) is 78.4 cm³/mol. The molecule has 0 bridgehead atoms. The fraction of sp³-hybridized carbons (Fsp3) is 0.0833. The van der Waals surface area contributed by atoms with Crippen LogP contribution >= 0.6 is 15.9 Å². The Balaban J connectivity index is 2.46. The number of rotatable bonds is 4. The average Bonchev–Trinajstić information content (AvgIpc) is 2.42. The summed E-state index contributed by atoms with van der Waals surface area (Å²) in [5.74, 6) is 5.38. The number of nitrogen functional groups attached to an aromatic ring is 1. The molecule has 0 atom stereocenters. The summed E-state index contributed by atoms with van der Waals surface area (Å²) in [5, 5.41) is 10.8. The number of nitro groups is 1. The lowest BCUT2D eigenvalue weighted by atomic mass is 10.1. The molecule has 2 aromatic rings. The molecular formula is C12H11BrN4O3. The number of hydrogen-bond acceptors (Lipinski definition) is 5. The Hall–Kier alpha value is -2.19. The van der Waals surface area contributed by atoms with Gasteiger partial charge in [0.25, 0.3) is 11.2 Å². The molecule has 8 heteroatoms. The summed E-state index contributed by atoms with van der Waals surface area (Å²) in [7, 11) is 0. The molecule has 0 saturated carbocycles. The molecule has 0 spiro atoms. The summed E-state index contributed by atoms with van der Waals surface area (Å²) in [5.41, 5.74) is 3.29. The highest BCUT2D eigenvalue weighted by Crippen LogP contribution is 2.22. The van der Waals surface area contributed by atoms with Crippen molar-refractivity contribution in [2.75, 3.05) is 5.43 Å². The molecule has 0 aliphatic rings. The number of nitrogens with zero attached hydrogens (tertiary/aromatic N) is 2. The molecular weight excluding hydrogens is 328 g/mol. The van der Waals surface area contributed by atoms with Crippen LogP contribution < -0.4 is 16.8 Å². The normalized spacial score (nSPS) is 10.3. The van der Waals surface area contributed by atoms with E-state index < -0.39 is 4.92 Å². The summed E-state index contributed by atoms with van der Waals surface area (Å²) >= 11 is 3.27. The van der Waals surface area contributed by atoms with E-state index in [0.717, 1.165) is 4.47 Å². The summed E-state index contributed by atoms with van der Waals surface area (Å²) < 4.78 is 2.18. The van der Waals surface area contributed by atoms with Crippen LogP contribution in [-0.4, -0.2) is 9.49 Å². The van der Waals surface area contributed by atoms with Gasteiger partial charge in [-0.25, -0.2) is 0 Å². The van der Waals surface area contributed by atoms with Crippen LogP contribution in [-0.2, 0) is 6.54 Å². The van der Waals surface area contributed by atoms with Crippen LogP contribution in [0.4, 0.5) is 11.4 Å². The number of hydrogen-bond donors (Lipinski definition) is 2. The first kappa shape index (κ1) is 14.2. The quantitative estimate of drug-likeness (QED) is 0.503. The first-order chi connectivity index (χ1) is 9.51. The lowest BCUT2D eigenvalue weighted by molar-refractivity contribution is -0.384. The van der Waals surface area contributed by atoms with Crippen molar-refractivity contribution in [1.29, 1.82) is 0 Å². The highest BCUT2D eigenvalue weighted by molar-refractivity contribution is 9.10. The molecule has 2 rings (SSSR count). The standard InChI is InChI=1S/C12H11BrN4O3/c13-9-1-4-12(18)16(7-9)6-8-5-10(17(19)20)2-3-11(8)15-14/h1-5,7,15H,6,14H2. The maximum atomic E-state index is 11.8. The summed E-state index contributed by atoms with van der Waals surface area (Å²) in [6.07, 6.45) is 1.61. The molecule has 3 N–H and O–H groups in total. The molecule has 0 amide bonds. The van der Waals surface area contributed by atoms with E-state index >= 15 is 0 Å². The van der Waals surface area contributed by atoms with Gasteiger partial charge in [0.05, 0.1) is 17.2 Å². The molecule has 0 unspecified atom stereocenters. The molecule has 1 aromatic heterocycles. The lowest BCUT2D eigenvalue weighted by Gasteiger charge is -2.11. The zero-order chi connectivity index (χ0) is 14.7. The van der Waals surface area contributed by atoms with Crippen molar-refractivity contribution in [1.82, 2.24) is 4.57 Å². The third kappa shape index (κ3) is 3.03. The molecule has 20 heavy (non-hydrogen) atoms. The van der Waals surface area contributed by atoms with E-state index in [-0.39, 0.29) is 17.8 Å². The fourth-order valence-corrected chi connectivity index (χ4v) is 2.15. The Bertz CT molecular complexity index is 714. The number of pyridine rings is 1. The van der Waals surface area contributed by atoms with Crippen molar-refractivity contribution in [3.8, 4) is 0 Å². The summed E-state index contributed by atoms with van der Waals surface area (Å²) in [4.78, 5) is 22.1. The second-order valence-electron chi connectivity index (χ2n) is 4.06. The van der Waals surface area contributed by atoms with Crippen molar-refractivity contribution < 1.29 is 4.92 Å². The first-order valence-electron chi connectivity index (χ1n) is 5.61. The summed E-state index contributed by atoms with van der Waals surface area (Å²) in [6.45, 7) is 0.180. The van der Waals surface area contributed by atoms with Gasteiger partial charge in [0.1, 0.15) is 0 Å². The number of nitrogens with two attached hydrogens (primary N) is 1. The van der Waals surface area contributed by atoms with Gasteiger partial charge < -0.3 is 9.99 Å². The molecule has 1 aromatic carbocycles. The highest BCUT2D eigenvalue weighted by Gasteiger charge is 2.11. The largest absolute Gasteiger partial charge is 0.324 e. The van der Waals surface area contributed by atoms with Crippen molar-refractivity contribution in [2.45, 2.75) is 6.54 Å². The van der Waals surface area contributed by atoms with Crippen molar-refractivity contribution in [2.24, 2.45) is 5.84 Å². The van der Waals surface area contributed by atoms with E-state index in [1.165, 1.54) is 28.8 Å². The number of benzene rings is 1. The van der Waals surface area contributed by atoms with Gasteiger partial charge in [0.15, 0.2) is 0 Å². The van der Waals surface area contributed by atoms with Gasteiger partial charge in [0.2, 0.25) is 0 Å². The summed E-state index contributed by atoms with van der Waals surface area (Å²) in [6, 6.07) is 7.30.